The fourth-order valence-corrected chi connectivity index (χ4v) is 3.25. The van der Waals surface area contributed by atoms with Crippen LogP contribution in [-0.4, -0.2) is 46.6 Å². The first-order chi connectivity index (χ1) is 10.7. The van der Waals surface area contributed by atoms with E-state index in [0.717, 1.165) is 20.5 Å². The van der Waals surface area contributed by atoms with Crippen molar-refractivity contribution in [2.24, 2.45) is 0 Å². The van der Waals surface area contributed by atoms with Crippen molar-refractivity contribution >= 4 is 33.4 Å². The summed E-state index contributed by atoms with van der Waals surface area (Å²) < 4.78 is 33.8. The highest BCUT2D eigenvalue weighted by atomic mass is 32.2. The summed E-state index contributed by atoms with van der Waals surface area (Å²) in [6.07, 6.45) is 0.856. The Labute approximate surface area is 132 Å². The molecule has 0 aromatic heterocycles. The number of benzene rings is 1. The highest BCUT2D eigenvalue weighted by Crippen LogP contribution is 2.38. The predicted molar refractivity (Wildman–Crippen MR) is 79.2 cm³/mol. The molecule has 0 aliphatic carbocycles. The molecule has 0 atom stereocenters. The number of carbonyl (C=O) groups is 3. The molecule has 0 saturated carbocycles. The number of fused-ring (bicyclic) bond motifs is 1. The lowest BCUT2D eigenvalue weighted by Crippen LogP contribution is -2.32. The van der Waals surface area contributed by atoms with Crippen LogP contribution in [0.15, 0.2) is 35.5 Å². The molecule has 9 heteroatoms. The van der Waals surface area contributed by atoms with Gasteiger partial charge in [-0.2, -0.15) is 0 Å². The molecule has 1 aromatic carbocycles. The fraction of sp³-hybridized carbons (Fsp3) is 0.214. The molecular formula is C14H13NO7S. The quantitative estimate of drug-likeness (QED) is 0.336. The zero-order valence-electron chi connectivity index (χ0n) is 12.5. The second kappa shape index (κ2) is 5.84. The summed E-state index contributed by atoms with van der Waals surface area (Å²) in [6, 6.07) is 5.86. The van der Waals surface area contributed by atoms with Gasteiger partial charge in [-0.3, -0.25) is 4.79 Å². The predicted octanol–water partition coefficient (Wildman–Crippen LogP) is 0.249. The van der Waals surface area contributed by atoms with Crippen LogP contribution in [0.25, 0.3) is 0 Å². The second-order valence-electron chi connectivity index (χ2n) is 4.58. The lowest BCUT2D eigenvalue weighted by molar-refractivity contribution is -0.144. The Morgan fingerprint density at radius 3 is 2.04 bits per heavy atom. The number of sulfonamides is 1. The molecule has 0 radical (unpaired) electrons. The molecule has 2 rings (SSSR count). The van der Waals surface area contributed by atoms with Crippen molar-refractivity contribution in [3.63, 3.8) is 0 Å². The van der Waals surface area contributed by atoms with Crippen LogP contribution in [0.3, 0.4) is 0 Å². The first kappa shape index (κ1) is 16.7. The molecule has 1 aromatic rings. The minimum atomic E-state index is -3.99. The number of hydrogen-bond acceptors (Lipinski definition) is 7. The third-order valence-electron chi connectivity index (χ3n) is 3.13. The van der Waals surface area contributed by atoms with E-state index < -0.39 is 39.0 Å². The Kier molecular flexibility index (Phi) is 4.24. The maximum atomic E-state index is 12.6. The number of rotatable bonds is 3. The van der Waals surface area contributed by atoms with Gasteiger partial charge in [0.15, 0.2) is 5.57 Å². The summed E-state index contributed by atoms with van der Waals surface area (Å²) in [5.41, 5.74) is -1.27. The van der Waals surface area contributed by atoms with Gasteiger partial charge in [0.1, 0.15) is 5.70 Å². The first-order valence-electron chi connectivity index (χ1n) is 6.29. The van der Waals surface area contributed by atoms with Crippen LogP contribution < -0.4 is 4.31 Å². The van der Waals surface area contributed by atoms with Gasteiger partial charge >= 0.3 is 11.9 Å². The van der Waals surface area contributed by atoms with Crippen molar-refractivity contribution < 1.29 is 32.3 Å². The molecule has 0 N–H and O–H groups in total. The largest absolute Gasteiger partial charge is 0.465 e. The molecule has 0 fully saturated rings. The van der Waals surface area contributed by atoms with Crippen molar-refractivity contribution in [2.75, 3.05) is 24.8 Å². The number of carbonyl (C=O) groups excluding carboxylic acids is 3. The Morgan fingerprint density at radius 1 is 1.04 bits per heavy atom. The Hall–Kier alpha value is -2.68. The molecule has 0 amide bonds. The maximum Gasteiger partial charge on any atom is 0.347 e. The van der Waals surface area contributed by atoms with Gasteiger partial charge in [-0.25, -0.2) is 22.3 Å². The van der Waals surface area contributed by atoms with Gasteiger partial charge in [-0.05, 0) is 12.1 Å². The average molecular weight is 339 g/mol. The highest BCUT2D eigenvalue weighted by Gasteiger charge is 2.43. The molecular weight excluding hydrogens is 326 g/mol. The second-order valence-corrected chi connectivity index (χ2v) is 6.41. The topological polar surface area (TPSA) is 107 Å². The molecule has 1 heterocycles. The monoisotopic (exact) mass is 339 g/mol. The van der Waals surface area contributed by atoms with Gasteiger partial charge in [0, 0.05) is 5.56 Å². The van der Waals surface area contributed by atoms with Crippen molar-refractivity contribution in [2.45, 2.75) is 0 Å². The van der Waals surface area contributed by atoms with E-state index in [1.54, 1.807) is 0 Å². The third kappa shape index (κ3) is 2.70. The summed E-state index contributed by atoms with van der Waals surface area (Å²) in [5, 5.41) is 0. The number of hydrogen-bond donors (Lipinski definition) is 0. The van der Waals surface area contributed by atoms with Crippen LogP contribution in [0.5, 0.6) is 0 Å². The Balaban J connectivity index is 2.88. The average Bonchev–Trinajstić information content (AvgIpc) is 2.80. The van der Waals surface area contributed by atoms with Crippen molar-refractivity contribution in [1.29, 1.82) is 0 Å². The van der Waals surface area contributed by atoms with Crippen LogP contribution in [-0.2, 0) is 29.1 Å². The number of para-hydroxylation sites is 1. The van der Waals surface area contributed by atoms with Crippen LogP contribution in [0.2, 0.25) is 0 Å². The molecule has 0 bridgehead atoms. The summed E-state index contributed by atoms with van der Waals surface area (Å²) >= 11 is 0. The Morgan fingerprint density at radius 2 is 1.57 bits per heavy atom. The number of anilines is 1. The van der Waals surface area contributed by atoms with Gasteiger partial charge in [-0.15, -0.1) is 0 Å². The standard InChI is InChI=1S/C14H13NO7S/c1-21-13(17)10(14(18)22-2)11-12(16)8-6-4-5-7-9(8)15(11)23(3,19)20/h4-7H,1-3H3. The van der Waals surface area contributed by atoms with E-state index in [-0.39, 0.29) is 11.3 Å². The van der Waals surface area contributed by atoms with E-state index in [0.29, 0.717) is 4.31 Å². The van der Waals surface area contributed by atoms with Crippen molar-refractivity contribution in [1.82, 2.24) is 0 Å². The minimum absolute atomic E-state index is 0.0539. The third-order valence-corrected chi connectivity index (χ3v) is 4.18. The fourth-order valence-electron chi connectivity index (χ4n) is 2.22. The molecule has 0 unspecified atom stereocenters. The van der Waals surface area contributed by atoms with Crippen molar-refractivity contribution in [3.8, 4) is 0 Å². The number of nitrogens with zero attached hydrogens (tertiary/aromatic N) is 1. The molecule has 23 heavy (non-hydrogen) atoms. The van der Waals surface area contributed by atoms with Crippen LogP contribution in [0.4, 0.5) is 5.69 Å². The zero-order chi connectivity index (χ0) is 17.4. The highest BCUT2D eigenvalue weighted by molar-refractivity contribution is 7.92. The molecule has 1 aliphatic heterocycles. The summed E-state index contributed by atoms with van der Waals surface area (Å²) in [7, 11) is -1.98. The lowest BCUT2D eigenvalue weighted by Gasteiger charge is -2.19. The number of Topliss-reactive ketones (excluding diaryl/α,β-unsaturated/α-hetero) is 1. The number of methoxy groups -OCH3 is 2. The van der Waals surface area contributed by atoms with E-state index in [1.165, 1.54) is 24.3 Å². The lowest BCUT2D eigenvalue weighted by atomic mass is 10.1. The van der Waals surface area contributed by atoms with Gasteiger partial charge in [0.25, 0.3) is 0 Å². The number of allylic oxidation sites excluding steroid dienone is 1. The molecule has 1 aliphatic rings. The van der Waals surface area contributed by atoms with Gasteiger partial charge in [0.2, 0.25) is 15.8 Å². The minimum Gasteiger partial charge on any atom is -0.465 e. The van der Waals surface area contributed by atoms with Gasteiger partial charge in [-0.1, -0.05) is 12.1 Å². The Bertz CT molecular complexity index is 820. The van der Waals surface area contributed by atoms with E-state index in [2.05, 4.69) is 9.47 Å². The number of ether oxygens (including phenoxy) is 2. The maximum absolute atomic E-state index is 12.6. The molecule has 8 nitrogen and oxygen atoms in total. The number of ketones is 1. The van der Waals surface area contributed by atoms with Crippen LogP contribution in [0, 0.1) is 0 Å². The normalized spacial score (nSPS) is 13.6. The summed E-state index contributed by atoms with van der Waals surface area (Å²) in [4.78, 5) is 36.4. The molecule has 122 valence electrons. The van der Waals surface area contributed by atoms with Crippen LogP contribution in [0.1, 0.15) is 10.4 Å². The summed E-state index contributed by atoms with van der Waals surface area (Å²) in [5.74, 6) is -3.11. The smallest absolute Gasteiger partial charge is 0.347 e. The SMILES string of the molecule is COC(=O)C(C(=O)OC)=C1C(=O)c2ccccc2N1S(C)(=O)=O. The van der Waals surface area contributed by atoms with E-state index >= 15 is 0 Å². The molecule has 0 saturated heterocycles. The van der Waals surface area contributed by atoms with Crippen molar-refractivity contribution in [3.05, 3.63) is 41.1 Å². The van der Waals surface area contributed by atoms with Crippen LogP contribution >= 0.6 is 0 Å². The zero-order valence-corrected chi connectivity index (χ0v) is 13.3. The van der Waals surface area contributed by atoms with E-state index in [4.69, 9.17) is 0 Å². The van der Waals surface area contributed by atoms with Gasteiger partial charge in [0.05, 0.1) is 26.2 Å². The number of esters is 2. The summed E-state index contributed by atoms with van der Waals surface area (Å²) in [6.45, 7) is 0. The molecule has 0 spiro atoms. The first-order valence-corrected chi connectivity index (χ1v) is 8.13. The van der Waals surface area contributed by atoms with E-state index in [9.17, 15) is 22.8 Å². The van der Waals surface area contributed by atoms with E-state index in [1.807, 2.05) is 0 Å². The van der Waals surface area contributed by atoms with Gasteiger partial charge < -0.3 is 9.47 Å².